The van der Waals surface area contributed by atoms with Crippen molar-refractivity contribution in [2.24, 2.45) is 0 Å². The van der Waals surface area contributed by atoms with E-state index >= 15 is 0 Å². The van der Waals surface area contributed by atoms with Crippen LogP contribution in [0.1, 0.15) is 27.5 Å². The molecule has 8 heteroatoms. The average molecular weight is 446 g/mol. The first kappa shape index (κ1) is 22.0. The van der Waals surface area contributed by atoms with Gasteiger partial charge < -0.3 is 4.74 Å². The van der Waals surface area contributed by atoms with Crippen molar-refractivity contribution in [3.8, 4) is 0 Å². The van der Waals surface area contributed by atoms with Gasteiger partial charge in [-0.3, -0.25) is 20.2 Å². The fraction of sp³-hybridized carbons (Fsp3) is 0.120. The molecule has 1 N–H and O–H groups in total. The molecule has 0 aliphatic carbocycles. The second-order valence-electron chi connectivity index (χ2n) is 7.53. The van der Waals surface area contributed by atoms with E-state index in [2.05, 4.69) is 5.32 Å². The van der Waals surface area contributed by atoms with Gasteiger partial charge in [0.2, 0.25) is 0 Å². The van der Waals surface area contributed by atoms with Gasteiger partial charge in [-0.2, -0.15) is 0 Å². The summed E-state index contributed by atoms with van der Waals surface area (Å²) in [5, 5.41) is 14.3. The van der Waals surface area contributed by atoms with E-state index in [4.69, 9.17) is 4.74 Å². The number of nitrogens with one attached hydrogen (secondary N) is 1. The highest BCUT2D eigenvalue weighted by molar-refractivity contribution is 6.11. The molecule has 0 unspecified atom stereocenters. The monoisotopic (exact) mass is 446 g/mol. The maximum atomic E-state index is 13.5. The van der Waals surface area contributed by atoms with Crippen LogP contribution in [-0.4, -0.2) is 23.8 Å². The molecule has 2 atom stereocenters. The van der Waals surface area contributed by atoms with E-state index < -0.39 is 34.1 Å². The zero-order chi connectivity index (χ0) is 23.6. The van der Waals surface area contributed by atoms with Crippen molar-refractivity contribution < 1.29 is 23.6 Å². The van der Waals surface area contributed by atoms with Crippen LogP contribution in [0.25, 0.3) is 0 Å². The predicted octanol–water partition coefficient (Wildman–Crippen LogP) is 4.26. The lowest BCUT2D eigenvalue weighted by atomic mass is 9.89. The van der Waals surface area contributed by atoms with Crippen LogP contribution in [-0.2, 0) is 15.1 Å². The van der Waals surface area contributed by atoms with Gasteiger partial charge in [-0.05, 0) is 41.5 Å². The summed E-state index contributed by atoms with van der Waals surface area (Å²) in [6.45, 7) is 0. The van der Waals surface area contributed by atoms with Crippen LogP contribution in [0.15, 0.2) is 90.5 Å². The zero-order valence-corrected chi connectivity index (χ0v) is 17.5. The number of Topliss-reactive ketones (excluding diaryl/α,β-unsaturated/α-hetero) is 1. The van der Waals surface area contributed by atoms with E-state index in [0.717, 1.165) is 0 Å². The summed E-state index contributed by atoms with van der Waals surface area (Å²) in [6.07, 6.45) is 1.52. The molecular formula is C25H19FN2O5. The van der Waals surface area contributed by atoms with Crippen molar-refractivity contribution in [2.75, 3.05) is 7.11 Å². The highest BCUT2D eigenvalue weighted by atomic mass is 19.1. The zero-order valence-electron chi connectivity index (χ0n) is 17.5. The summed E-state index contributed by atoms with van der Waals surface area (Å²) in [6, 6.07) is 18.8. The number of ketones is 1. The third kappa shape index (κ3) is 4.04. The molecule has 0 saturated carbocycles. The molecule has 1 aliphatic heterocycles. The van der Waals surface area contributed by atoms with Gasteiger partial charge in [0.1, 0.15) is 5.82 Å². The van der Waals surface area contributed by atoms with Crippen LogP contribution in [0.2, 0.25) is 0 Å². The van der Waals surface area contributed by atoms with Crippen molar-refractivity contribution in [3.05, 3.63) is 123 Å². The topological polar surface area (TPSA) is 98.5 Å². The Bertz CT molecular complexity index is 1240. The molecule has 166 valence electrons. The molecule has 0 saturated heterocycles. The standard InChI is InChI=1S/C25H19FN2O5/c1-33-24(30)25(18-5-3-2-4-6-18)15-21(23(29)17-7-11-19(26)12-8-17)22(27-25)16-9-13-20(14-10-16)28(31)32/h2-15,22,27H,1H3/t22-,25-/m0/s1. The highest BCUT2D eigenvalue weighted by Crippen LogP contribution is 2.41. The van der Waals surface area contributed by atoms with Gasteiger partial charge in [-0.25, -0.2) is 9.18 Å². The summed E-state index contributed by atoms with van der Waals surface area (Å²) >= 11 is 0. The van der Waals surface area contributed by atoms with Crippen molar-refractivity contribution >= 4 is 17.4 Å². The number of carbonyl (C=O) groups excluding carboxylic acids is 2. The normalized spacial score (nSPS) is 19.6. The molecule has 1 aliphatic rings. The maximum absolute atomic E-state index is 13.5. The van der Waals surface area contributed by atoms with Crippen LogP contribution in [0.4, 0.5) is 10.1 Å². The van der Waals surface area contributed by atoms with E-state index in [1.165, 1.54) is 61.7 Å². The first-order valence-electron chi connectivity index (χ1n) is 10.0. The number of esters is 1. The number of non-ortho nitro benzene ring substituents is 1. The van der Waals surface area contributed by atoms with Gasteiger partial charge in [-0.15, -0.1) is 0 Å². The SMILES string of the molecule is COC(=O)[C@@]1(c2ccccc2)C=C(C(=O)c2ccc(F)cc2)[C@H](c2ccc([N+](=O)[O-])cc2)N1. The lowest BCUT2D eigenvalue weighted by Gasteiger charge is -2.28. The molecule has 33 heavy (non-hydrogen) atoms. The van der Waals surface area contributed by atoms with Crippen molar-refractivity contribution in [1.29, 1.82) is 0 Å². The van der Waals surface area contributed by atoms with Gasteiger partial charge >= 0.3 is 5.97 Å². The molecule has 0 amide bonds. The second-order valence-corrected chi connectivity index (χ2v) is 7.53. The van der Waals surface area contributed by atoms with Gasteiger partial charge in [0.05, 0.1) is 18.1 Å². The maximum Gasteiger partial charge on any atom is 0.334 e. The molecule has 0 spiro atoms. The first-order chi connectivity index (χ1) is 15.9. The third-order valence-electron chi connectivity index (χ3n) is 5.60. The average Bonchev–Trinajstić information content (AvgIpc) is 3.26. The molecule has 1 heterocycles. The number of nitro groups is 1. The highest BCUT2D eigenvalue weighted by Gasteiger charge is 2.48. The lowest BCUT2D eigenvalue weighted by Crippen LogP contribution is -2.46. The van der Waals surface area contributed by atoms with E-state index in [1.807, 2.05) is 0 Å². The minimum absolute atomic E-state index is 0.102. The minimum atomic E-state index is -1.46. The van der Waals surface area contributed by atoms with Crippen molar-refractivity contribution in [3.63, 3.8) is 0 Å². The number of halogens is 1. The Morgan fingerprint density at radius 3 is 2.21 bits per heavy atom. The van der Waals surface area contributed by atoms with Crippen LogP contribution in [0.5, 0.6) is 0 Å². The Labute approximate surface area is 188 Å². The molecule has 0 fully saturated rings. The van der Waals surface area contributed by atoms with Gasteiger partial charge in [-0.1, -0.05) is 42.5 Å². The minimum Gasteiger partial charge on any atom is -0.467 e. The Morgan fingerprint density at radius 2 is 1.64 bits per heavy atom. The molecule has 0 aromatic heterocycles. The number of nitro benzene ring substituents is 1. The van der Waals surface area contributed by atoms with Gasteiger partial charge in [0.15, 0.2) is 11.3 Å². The summed E-state index contributed by atoms with van der Waals surface area (Å²) in [4.78, 5) is 37.0. The third-order valence-corrected chi connectivity index (χ3v) is 5.60. The fourth-order valence-corrected chi connectivity index (χ4v) is 3.94. The number of methoxy groups -OCH3 is 1. The number of hydrogen-bond donors (Lipinski definition) is 1. The summed E-state index contributed by atoms with van der Waals surface area (Å²) in [5.74, 6) is -1.51. The molecule has 0 bridgehead atoms. The quantitative estimate of drug-likeness (QED) is 0.263. The second kappa shape index (κ2) is 8.76. The molecule has 4 rings (SSSR count). The smallest absolute Gasteiger partial charge is 0.334 e. The number of ether oxygens (including phenoxy) is 1. The van der Waals surface area contributed by atoms with Gasteiger partial charge in [0, 0.05) is 23.3 Å². The van der Waals surface area contributed by atoms with Crippen LogP contribution in [0, 0.1) is 15.9 Å². The summed E-state index contributed by atoms with van der Waals surface area (Å²) < 4.78 is 18.5. The fourth-order valence-electron chi connectivity index (χ4n) is 3.94. The number of nitrogens with zero attached hydrogens (tertiary/aromatic N) is 1. The Morgan fingerprint density at radius 1 is 1.00 bits per heavy atom. The van der Waals surface area contributed by atoms with Crippen molar-refractivity contribution in [2.45, 2.75) is 11.6 Å². The van der Waals surface area contributed by atoms with Crippen LogP contribution >= 0.6 is 0 Å². The largest absolute Gasteiger partial charge is 0.467 e. The Balaban J connectivity index is 1.87. The van der Waals surface area contributed by atoms with Gasteiger partial charge in [0.25, 0.3) is 5.69 Å². The molecule has 3 aromatic carbocycles. The first-order valence-corrected chi connectivity index (χ1v) is 10.0. The van der Waals surface area contributed by atoms with Crippen LogP contribution < -0.4 is 5.32 Å². The lowest BCUT2D eigenvalue weighted by molar-refractivity contribution is -0.384. The Hall–Kier alpha value is -4.17. The Kier molecular flexibility index (Phi) is 5.85. The molecule has 0 radical (unpaired) electrons. The van der Waals surface area contributed by atoms with E-state index in [9.17, 15) is 24.1 Å². The van der Waals surface area contributed by atoms with Crippen LogP contribution in [0.3, 0.4) is 0 Å². The predicted molar refractivity (Wildman–Crippen MR) is 118 cm³/mol. The number of benzene rings is 3. The molecule has 7 nitrogen and oxygen atoms in total. The molecular weight excluding hydrogens is 427 g/mol. The van der Waals surface area contributed by atoms with Crippen molar-refractivity contribution in [1.82, 2.24) is 5.32 Å². The molecule has 3 aromatic rings. The van der Waals surface area contributed by atoms with E-state index in [0.29, 0.717) is 11.1 Å². The number of rotatable bonds is 6. The van der Waals surface area contributed by atoms with E-state index in [1.54, 1.807) is 30.3 Å². The summed E-state index contributed by atoms with van der Waals surface area (Å²) in [5.41, 5.74) is 0.0203. The summed E-state index contributed by atoms with van der Waals surface area (Å²) in [7, 11) is 1.25. The number of hydrogen-bond acceptors (Lipinski definition) is 6. The van der Waals surface area contributed by atoms with E-state index in [-0.39, 0.29) is 16.8 Å². The number of carbonyl (C=O) groups is 2.